The Morgan fingerprint density at radius 2 is 1.96 bits per heavy atom. The number of carbonyl (C=O) groups excluding carboxylic acids is 1. The maximum Gasteiger partial charge on any atom is 0.251 e. The Morgan fingerprint density at radius 1 is 1.16 bits per heavy atom. The maximum absolute atomic E-state index is 12.2. The van der Waals surface area contributed by atoms with Crippen LogP contribution in [0, 0.1) is 0 Å². The molecule has 1 N–H and O–H groups in total. The minimum atomic E-state index is -0.0918. The summed E-state index contributed by atoms with van der Waals surface area (Å²) in [5, 5.41) is 7.13. The summed E-state index contributed by atoms with van der Waals surface area (Å²) in [5.41, 5.74) is 4.02. The number of aryl methyl sites for hydroxylation is 1. The van der Waals surface area contributed by atoms with Gasteiger partial charge >= 0.3 is 0 Å². The van der Waals surface area contributed by atoms with E-state index in [4.69, 9.17) is 4.74 Å². The third-order valence-electron chi connectivity index (χ3n) is 4.02. The van der Waals surface area contributed by atoms with Crippen LogP contribution in [0.4, 0.5) is 0 Å². The SMILES string of the molecule is COc1cccc(C(=O)NCCc2ccc(-c3cnn(C)c3)cc2)c1. The van der Waals surface area contributed by atoms with Crippen molar-refractivity contribution >= 4 is 5.91 Å². The number of hydrogen-bond acceptors (Lipinski definition) is 3. The fourth-order valence-corrected chi connectivity index (χ4v) is 2.62. The normalized spacial score (nSPS) is 10.5. The van der Waals surface area contributed by atoms with Crippen LogP contribution >= 0.6 is 0 Å². The molecule has 0 saturated carbocycles. The minimum Gasteiger partial charge on any atom is -0.497 e. The predicted molar refractivity (Wildman–Crippen MR) is 97.7 cm³/mol. The summed E-state index contributed by atoms with van der Waals surface area (Å²) in [5.74, 6) is 0.588. The molecule has 0 fully saturated rings. The molecule has 0 spiro atoms. The number of amides is 1. The van der Waals surface area contributed by atoms with Crippen molar-refractivity contribution < 1.29 is 9.53 Å². The van der Waals surface area contributed by atoms with E-state index in [1.54, 1.807) is 23.9 Å². The first-order chi connectivity index (χ1) is 12.2. The molecule has 0 radical (unpaired) electrons. The second-order valence-corrected chi connectivity index (χ2v) is 5.84. The predicted octanol–water partition coefficient (Wildman–Crippen LogP) is 3.07. The van der Waals surface area contributed by atoms with Crippen LogP contribution < -0.4 is 10.1 Å². The summed E-state index contributed by atoms with van der Waals surface area (Å²) in [7, 11) is 3.50. The monoisotopic (exact) mass is 335 g/mol. The molecule has 1 heterocycles. The van der Waals surface area contributed by atoms with Gasteiger partial charge in [-0.1, -0.05) is 30.3 Å². The van der Waals surface area contributed by atoms with Crippen LogP contribution in [0.1, 0.15) is 15.9 Å². The lowest BCUT2D eigenvalue weighted by Crippen LogP contribution is -2.25. The first kappa shape index (κ1) is 16.8. The summed E-state index contributed by atoms with van der Waals surface area (Å²) in [6.45, 7) is 0.586. The Balaban J connectivity index is 1.54. The first-order valence-corrected chi connectivity index (χ1v) is 8.16. The summed E-state index contributed by atoms with van der Waals surface area (Å²) in [6.07, 6.45) is 4.62. The zero-order chi connectivity index (χ0) is 17.6. The molecular formula is C20H21N3O2. The number of methoxy groups -OCH3 is 1. The molecule has 0 unspecified atom stereocenters. The van der Waals surface area contributed by atoms with Crippen molar-refractivity contribution in [3.8, 4) is 16.9 Å². The van der Waals surface area contributed by atoms with E-state index in [0.717, 1.165) is 17.5 Å². The third kappa shape index (κ3) is 4.26. The lowest BCUT2D eigenvalue weighted by atomic mass is 10.1. The molecule has 1 aromatic heterocycles. The Hall–Kier alpha value is -3.08. The van der Waals surface area contributed by atoms with Gasteiger partial charge in [0.1, 0.15) is 5.75 Å². The van der Waals surface area contributed by atoms with Gasteiger partial charge in [-0.05, 0) is 35.7 Å². The number of nitrogens with zero attached hydrogens (tertiary/aromatic N) is 2. The number of rotatable bonds is 6. The van der Waals surface area contributed by atoms with Crippen molar-refractivity contribution in [2.24, 2.45) is 7.05 Å². The fourth-order valence-electron chi connectivity index (χ4n) is 2.62. The number of carbonyl (C=O) groups is 1. The van der Waals surface area contributed by atoms with Crippen molar-refractivity contribution in [2.75, 3.05) is 13.7 Å². The summed E-state index contributed by atoms with van der Waals surface area (Å²) >= 11 is 0. The van der Waals surface area contributed by atoms with Gasteiger partial charge in [-0.2, -0.15) is 5.10 Å². The average Bonchev–Trinajstić information content (AvgIpc) is 3.08. The molecule has 128 valence electrons. The highest BCUT2D eigenvalue weighted by Crippen LogP contribution is 2.19. The molecule has 0 atom stereocenters. The fraction of sp³-hybridized carbons (Fsp3) is 0.200. The maximum atomic E-state index is 12.2. The van der Waals surface area contributed by atoms with Gasteiger partial charge in [-0.25, -0.2) is 0 Å². The lowest BCUT2D eigenvalue weighted by molar-refractivity contribution is 0.0954. The van der Waals surface area contributed by atoms with E-state index in [1.165, 1.54) is 5.56 Å². The second-order valence-electron chi connectivity index (χ2n) is 5.84. The summed E-state index contributed by atoms with van der Waals surface area (Å²) in [4.78, 5) is 12.2. The number of aromatic nitrogens is 2. The van der Waals surface area contributed by atoms with Gasteiger partial charge in [0.25, 0.3) is 5.91 Å². The number of hydrogen-bond donors (Lipinski definition) is 1. The highest BCUT2D eigenvalue weighted by molar-refractivity contribution is 5.94. The van der Waals surface area contributed by atoms with E-state index in [1.807, 2.05) is 31.6 Å². The Morgan fingerprint density at radius 3 is 2.64 bits per heavy atom. The van der Waals surface area contributed by atoms with E-state index >= 15 is 0 Å². The number of nitrogens with one attached hydrogen (secondary N) is 1. The van der Waals surface area contributed by atoms with Crippen LogP contribution in [0.25, 0.3) is 11.1 Å². The highest BCUT2D eigenvalue weighted by Gasteiger charge is 2.06. The molecule has 0 saturated heterocycles. The molecular weight excluding hydrogens is 314 g/mol. The van der Waals surface area contributed by atoms with Crippen LogP contribution in [0.2, 0.25) is 0 Å². The molecule has 5 nitrogen and oxygen atoms in total. The van der Waals surface area contributed by atoms with Crippen molar-refractivity contribution in [3.63, 3.8) is 0 Å². The lowest BCUT2D eigenvalue weighted by Gasteiger charge is -2.07. The van der Waals surface area contributed by atoms with E-state index in [0.29, 0.717) is 17.9 Å². The second kappa shape index (κ2) is 7.66. The quantitative estimate of drug-likeness (QED) is 0.753. The molecule has 25 heavy (non-hydrogen) atoms. The van der Waals surface area contributed by atoms with Crippen molar-refractivity contribution in [2.45, 2.75) is 6.42 Å². The molecule has 5 heteroatoms. The summed E-state index contributed by atoms with van der Waals surface area (Å²) < 4.78 is 6.93. The molecule has 3 aromatic rings. The number of ether oxygens (including phenoxy) is 1. The minimum absolute atomic E-state index is 0.0918. The van der Waals surface area contributed by atoms with Crippen molar-refractivity contribution in [1.29, 1.82) is 0 Å². The molecule has 0 aliphatic heterocycles. The number of benzene rings is 2. The van der Waals surface area contributed by atoms with Crippen LogP contribution in [0.3, 0.4) is 0 Å². The molecule has 0 aliphatic carbocycles. The molecule has 2 aromatic carbocycles. The molecule has 0 bridgehead atoms. The zero-order valence-corrected chi connectivity index (χ0v) is 14.4. The summed E-state index contributed by atoms with van der Waals surface area (Å²) in [6, 6.07) is 15.5. The molecule has 3 rings (SSSR count). The van der Waals surface area contributed by atoms with E-state index in [2.05, 4.69) is 34.7 Å². The van der Waals surface area contributed by atoms with Gasteiger partial charge in [-0.3, -0.25) is 9.48 Å². The van der Waals surface area contributed by atoms with Crippen LogP contribution in [0.15, 0.2) is 60.9 Å². The molecule has 1 amide bonds. The van der Waals surface area contributed by atoms with Crippen molar-refractivity contribution in [1.82, 2.24) is 15.1 Å². The van der Waals surface area contributed by atoms with Gasteiger partial charge in [0.2, 0.25) is 0 Å². The largest absolute Gasteiger partial charge is 0.497 e. The average molecular weight is 335 g/mol. The first-order valence-electron chi connectivity index (χ1n) is 8.16. The van der Waals surface area contributed by atoms with Gasteiger partial charge in [-0.15, -0.1) is 0 Å². The van der Waals surface area contributed by atoms with Crippen LogP contribution in [-0.2, 0) is 13.5 Å². The highest BCUT2D eigenvalue weighted by atomic mass is 16.5. The van der Waals surface area contributed by atoms with E-state index in [9.17, 15) is 4.79 Å². The molecule has 0 aliphatic rings. The standard InChI is InChI=1S/C20H21N3O2/c1-23-14-18(13-22-23)16-8-6-15(7-9-16)10-11-21-20(24)17-4-3-5-19(12-17)25-2/h3-9,12-14H,10-11H2,1-2H3,(H,21,24). The van der Waals surface area contributed by atoms with Gasteiger partial charge in [0, 0.05) is 30.9 Å². The van der Waals surface area contributed by atoms with Gasteiger partial charge < -0.3 is 10.1 Å². The van der Waals surface area contributed by atoms with E-state index < -0.39 is 0 Å². The topological polar surface area (TPSA) is 56.1 Å². The van der Waals surface area contributed by atoms with Gasteiger partial charge in [0.15, 0.2) is 0 Å². The van der Waals surface area contributed by atoms with Crippen LogP contribution in [0.5, 0.6) is 5.75 Å². The Labute approximate surface area is 147 Å². The smallest absolute Gasteiger partial charge is 0.251 e. The Bertz CT molecular complexity index is 853. The van der Waals surface area contributed by atoms with E-state index in [-0.39, 0.29) is 5.91 Å². The van der Waals surface area contributed by atoms with Crippen LogP contribution in [-0.4, -0.2) is 29.3 Å². The third-order valence-corrected chi connectivity index (χ3v) is 4.02. The zero-order valence-electron chi connectivity index (χ0n) is 14.4. The van der Waals surface area contributed by atoms with Crippen molar-refractivity contribution in [3.05, 3.63) is 72.1 Å². The Kier molecular flexibility index (Phi) is 5.14. The van der Waals surface area contributed by atoms with Gasteiger partial charge in [0.05, 0.1) is 13.3 Å².